The molecule has 0 radical (unpaired) electrons. The molecule has 0 saturated carbocycles. The summed E-state index contributed by atoms with van der Waals surface area (Å²) in [6, 6.07) is 5.87. The van der Waals surface area contributed by atoms with Gasteiger partial charge in [-0.1, -0.05) is 27.7 Å². The Bertz CT molecular complexity index is 497. The van der Waals surface area contributed by atoms with Gasteiger partial charge >= 0.3 is 0 Å². The maximum Gasteiger partial charge on any atom is 0.163 e. The van der Waals surface area contributed by atoms with Crippen LogP contribution in [0.3, 0.4) is 0 Å². The van der Waals surface area contributed by atoms with Gasteiger partial charge in [0.15, 0.2) is 5.78 Å². The van der Waals surface area contributed by atoms with Crippen LogP contribution in [0.5, 0.6) is 5.75 Å². The Morgan fingerprint density at radius 1 is 1.40 bits per heavy atom. The highest BCUT2D eigenvalue weighted by atomic mass is 16.5. The summed E-state index contributed by atoms with van der Waals surface area (Å²) in [6.45, 7) is 10.9. The highest BCUT2D eigenvalue weighted by Gasteiger charge is 2.22. The molecule has 2 atom stereocenters. The molecule has 1 heterocycles. The van der Waals surface area contributed by atoms with E-state index in [4.69, 9.17) is 4.74 Å². The van der Waals surface area contributed by atoms with E-state index in [0.29, 0.717) is 12.3 Å². The van der Waals surface area contributed by atoms with E-state index < -0.39 is 0 Å². The number of carbonyl (C=O) groups is 1. The number of fused-ring (bicyclic) bond motifs is 1. The van der Waals surface area contributed by atoms with Crippen LogP contribution in [0.1, 0.15) is 63.4 Å². The number of hydrogen-bond donors (Lipinski definition) is 0. The summed E-state index contributed by atoms with van der Waals surface area (Å²) in [6.07, 6.45) is 2.85. The molecule has 0 aliphatic carbocycles. The van der Waals surface area contributed by atoms with E-state index in [9.17, 15) is 4.79 Å². The zero-order valence-corrected chi connectivity index (χ0v) is 13.3. The molecule has 2 nitrogen and oxygen atoms in total. The highest BCUT2D eigenvalue weighted by molar-refractivity contribution is 5.96. The number of benzene rings is 1. The first-order valence-corrected chi connectivity index (χ1v) is 7.57. The largest absolute Gasteiger partial charge is 0.490 e. The minimum atomic E-state index is 0.232. The van der Waals surface area contributed by atoms with Crippen LogP contribution in [0.15, 0.2) is 18.2 Å². The third kappa shape index (κ3) is 3.84. The molecule has 1 aromatic rings. The minimum Gasteiger partial charge on any atom is -0.490 e. The van der Waals surface area contributed by atoms with Crippen LogP contribution in [0.25, 0.3) is 0 Å². The predicted octanol–water partition coefficient (Wildman–Crippen LogP) is 4.66. The number of Topliss-reactive ketones (excluding diaryl/α,β-unsaturated/α-hetero) is 1. The third-order valence-electron chi connectivity index (χ3n) is 3.71. The van der Waals surface area contributed by atoms with E-state index in [1.807, 2.05) is 18.2 Å². The van der Waals surface area contributed by atoms with Crippen molar-refractivity contribution >= 4 is 5.78 Å². The van der Waals surface area contributed by atoms with Gasteiger partial charge in [-0.15, -0.1) is 0 Å². The van der Waals surface area contributed by atoms with Crippen LogP contribution in [-0.4, -0.2) is 11.9 Å². The van der Waals surface area contributed by atoms with Crippen molar-refractivity contribution in [1.82, 2.24) is 0 Å². The number of hydrogen-bond acceptors (Lipinski definition) is 2. The molecule has 2 rings (SSSR count). The average molecular weight is 274 g/mol. The molecule has 0 saturated heterocycles. The molecule has 0 amide bonds. The number of ether oxygens (including phenoxy) is 1. The quantitative estimate of drug-likeness (QED) is 0.747. The smallest absolute Gasteiger partial charge is 0.163 e. The Morgan fingerprint density at radius 3 is 2.75 bits per heavy atom. The van der Waals surface area contributed by atoms with Gasteiger partial charge in [0.05, 0.1) is 0 Å². The number of ketones is 1. The van der Waals surface area contributed by atoms with Gasteiger partial charge in [0.25, 0.3) is 0 Å². The van der Waals surface area contributed by atoms with Crippen molar-refractivity contribution in [3.8, 4) is 5.75 Å². The first kappa shape index (κ1) is 15.1. The lowest BCUT2D eigenvalue weighted by Gasteiger charge is -2.22. The first-order chi connectivity index (χ1) is 9.24. The molecule has 0 fully saturated rings. The molecule has 20 heavy (non-hydrogen) atoms. The van der Waals surface area contributed by atoms with Gasteiger partial charge in [-0.25, -0.2) is 0 Å². The Morgan fingerprint density at radius 2 is 2.10 bits per heavy atom. The summed E-state index contributed by atoms with van der Waals surface area (Å²) >= 11 is 0. The van der Waals surface area contributed by atoms with Crippen LogP contribution in [0, 0.1) is 11.3 Å². The standard InChI is InChI=1S/C18H26O2/c1-12(11-18(3,4)5)8-16(19)14-6-7-17-15(10-14)9-13(2)20-17/h6-7,10,12-13H,8-9,11H2,1-5H3. The average Bonchev–Trinajstić information content (AvgIpc) is 2.64. The van der Waals surface area contributed by atoms with Crippen molar-refractivity contribution in [3.05, 3.63) is 29.3 Å². The number of carbonyl (C=O) groups excluding carboxylic acids is 1. The zero-order valence-electron chi connectivity index (χ0n) is 13.3. The van der Waals surface area contributed by atoms with Crippen LogP contribution >= 0.6 is 0 Å². The van der Waals surface area contributed by atoms with Gasteiger partial charge < -0.3 is 4.74 Å². The fourth-order valence-electron chi connectivity index (χ4n) is 3.15. The van der Waals surface area contributed by atoms with Crippen molar-refractivity contribution in [2.24, 2.45) is 11.3 Å². The van der Waals surface area contributed by atoms with Gasteiger partial charge in [0, 0.05) is 18.4 Å². The van der Waals surface area contributed by atoms with Crippen LogP contribution in [0.2, 0.25) is 0 Å². The molecule has 110 valence electrons. The normalized spacial score (nSPS) is 19.4. The lowest BCUT2D eigenvalue weighted by Crippen LogP contribution is -2.14. The second-order valence-corrected chi connectivity index (χ2v) is 7.45. The van der Waals surface area contributed by atoms with E-state index in [0.717, 1.165) is 24.2 Å². The van der Waals surface area contributed by atoms with Crippen molar-refractivity contribution in [2.45, 2.75) is 60.0 Å². The predicted molar refractivity (Wildman–Crippen MR) is 82.4 cm³/mol. The Kier molecular flexibility index (Phi) is 4.22. The summed E-state index contributed by atoms with van der Waals surface area (Å²) in [5.41, 5.74) is 2.29. The third-order valence-corrected chi connectivity index (χ3v) is 3.71. The molecule has 2 heteroatoms. The van der Waals surface area contributed by atoms with E-state index in [1.54, 1.807) is 0 Å². The molecule has 0 spiro atoms. The van der Waals surface area contributed by atoms with Gasteiger partial charge in [-0.2, -0.15) is 0 Å². The van der Waals surface area contributed by atoms with Crippen molar-refractivity contribution < 1.29 is 9.53 Å². The fourth-order valence-corrected chi connectivity index (χ4v) is 3.15. The molecule has 1 aliphatic rings. The molecule has 0 bridgehead atoms. The van der Waals surface area contributed by atoms with Crippen LogP contribution in [-0.2, 0) is 6.42 Å². The summed E-state index contributed by atoms with van der Waals surface area (Å²) in [5.74, 6) is 1.62. The highest BCUT2D eigenvalue weighted by Crippen LogP contribution is 2.31. The maximum atomic E-state index is 12.4. The molecule has 0 N–H and O–H groups in total. The van der Waals surface area contributed by atoms with Crippen molar-refractivity contribution in [2.75, 3.05) is 0 Å². The molecule has 1 aromatic carbocycles. The lowest BCUT2D eigenvalue weighted by atomic mass is 9.83. The van der Waals surface area contributed by atoms with Gasteiger partial charge in [0.1, 0.15) is 11.9 Å². The van der Waals surface area contributed by atoms with E-state index in [2.05, 4.69) is 34.6 Å². The Labute approximate surface area is 122 Å². The van der Waals surface area contributed by atoms with E-state index >= 15 is 0 Å². The van der Waals surface area contributed by atoms with Crippen molar-refractivity contribution in [3.63, 3.8) is 0 Å². The lowest BCUT2D eigenvalue weighted by molar-refractivity contribution is 0.0954. The summed E-state index contributed by atoms with van der Waals surface area (Å²) in [4.78, 5) is 12.4. The van der Waals surface area contributed by atoms with E-state index in [1.165, 1.54) is 5.56 Å². The van der Waals surface area contributed by atoms with Gasteiger partial charge in [0.2, 0.25) is 0 Å². The fraction of sp³-hybridized carbons (Fsp3) is 0.611. The molecule has 2 unspecified atom stereocenters. The number of rotatable bonds is 4. The van der Waals surface area contributed by atoms with Crippen molar-refractivity contribution in [1.29, 1.82) is 0 Å². The summed E-state index contributed by atoms with van der Waals surface area (Å²) < 4.78 is 5.68. The molecular formula is C18H26O2. The molecular weight excluding hydrogens is 248 g/mol. The zero-order chi connectivity index (χ0) is 14.9. The molecule has 0 aromatic heterocycles. The first-order valence-electron chi connectivity index (χ1n) is 7.57. The summed E-state index contributed by atoms with van der Waals surface area (Å²) in [7, 11) is 0. The Hall–Kier alpha value is -1.31. The minimum absolute atomic E-state index is 0.232. The summed E-state index contributed by atoms with van der Waals surface area (Å²) in [5, 5.41) is 0. The SMILES string of the molecule is CC(CC(=O)c1ccc2c(c1)CC(C)O2)CC(C)(C)C. The van der Waals surface area contributed by atoms with E-state index in [-0.39, 0.29) is 17.3 Å². The Balaban J connectivity index is 2.02. The van der Waals surface area contributed by atoms with Crippen LogP contribution < -0.4 is 4.74 Å². The van der Waals surface area contributed by atoms with Gasteiger partial charge in [-0.05, 0) is 48.4 Å². The second kappa shape index (κ2) is 5.59. The maximum absolute atomic E-state index is 12.4. The molecule has 1 aliphatic heterocycles. The van der Waals surface area contributed by atoms with Crippen LogP contribution in [0.4, 0.5) is 0 Å². The van der Waals surface area contributed by atoms with Gasteiger partial charge in [-0.3, -0.25) is 4.79 Å². The second-order valence-electron chi connectivity index (χ2n) is 7.45. The topological polar surface area (TPSA) is 26.3 Å². The monoisotopic (exact) mass is 274 g/mol.